The Morgan fingerprint density at radius 1 is 1.37 bits per heavy atom. The molecule has 2 heterocycles. The predicted molar refractivity (Wildman–Crippen MR) is 79.3 cm³/mol. The van der Waals surface area contributed by atoms with Gasteiger partial charge in [0.1, 0.15) is 0 Å². The van der Waals surface area contributed by atoms with E-state index in [-0.39, 0.29) is 24.4 Å². The molecule has 1 aliphatic heterocycles. The number of pyridine rings is 1. The number of fused-ring (bicyclic) bond motifs is 1. The standard InChI is InChI=1S/C13H16BrN3O.ClH/c14-10-3-9(4-16-5-10)13(18)17-6-8-1-2-12(15)11(8)7-17;/h3-5,8,11-12H,1-2,6-7,15H2;1H. The number of nitrogens with zero attached hydrogens (tertiary/aromatic N) is 2. The van der Waals surface area contributed by atoms with Gasteiger partial charge in [-0.05, 0) is 46.7 Å². The first kappa shape index (κ1) is 14.8. The van der Waals surface area contributed by atoms with E-state index in [0.717, 1.165) is 30.4 Å². The van der Waals surface area contributed by atoms with Crippen molar-refractivity contribution in [2.24, 2.45) is 17.6 Å². The highest BCUT2D eigenvalue weighted by Gasteiger charge is 2.42. The highest BCUT2D eigenvalue weighted by atomic mass is 79.9. The lowest BCUT2D eigenvalue weighted by Crippen LogP contribution is -2.33. The van der Waals surface area contributed by atoms with Crippen molar-refractivity contribution in [1.82, 2.24) is 9.88 Å². The molecule has 0 bridgehead atoms. The smallest absolute Gasteiger partial charge is 0.255 e. The normalized spacial score (nSPS) is 28.9. The summed E-state index contributed by atoms with van der Waals surface area (Å²) in [7, 11) is 0. The maximum atomic E-state index is 12.4. The van der Waals surface area contributed by atoms with Gasteiger partial charge in [0.25, 0.3) is 5.91 Å². The molecule has 1 amide bonds. The molecule has 1 saturated heterocycles. The fourth-order valence-electron chi connectivity index (χ4n) is 3.18. The molecule has 1 aliphatic carbocycles. The first-order valence-corrected chi connectivity index (χ1v) is 7.10. The second kappa shape index (κ2) is 5.77. The molecule has 2 aliphatic rings. The van der Waals surface area contributed by atoms with E-state index in [1.807, 2.05) is 11.0 Å². The summed E-state index contributed by atoms with van der Waals surface area (Å²) in [5.74, 6) is 1.17. The second-order valence-electron chi connectivity index (χ2n) is 5.27. The Balaban J connectivity index is 0.00000133. The van der Waals surface area contributed by atoms with E-state index >= 15 is 0 Å². The number of carbonyl (C=O) groups is 1. The van der Waals surface area contributed by atoms with Gasteiger partial charge in [0.2, 0.25) is 0 Å². The number of likely N-dealkylation sites (tertiary alicyclic amines) is 1. The number of hydrogen-bond acceptors (Lipinski definition) is 3. The highest BCUT2D eigenvalue weighted by Crippen LogP contribution is 2.37. The largest absolute Gasteiger partial charge is 0.338 e. The monoisotopic (exact) mass is 345 g/mol. The van der Waals surface area contributed by atoms with E-state index in [0.29, 0.717) is 17.4 Å². The van der Waals surface area contributed by atoms with Crippen molar-refractivity contribution < 1.29 is 4.79 Å². The van der Waals surface area contributed by atoms with Gasteiger partial charge in [0, 0.05) is 36.0 Å². The zero-order valence-corrected chi connectivity index (χ0v) is 12.9. The Kier molecular flexibility index (Phi) is 4.48. The summed E-state index contributed by atoms with van der Waals surface area (Å²) in [6.07, 6.45) is 5.58. The van der Waals surface area contributed by atoms with Crippen molar-refractivity contribution in [3.05, 3.63) is 28.5 Å². The Hall–Kier alpha value is -0.650. The predicted octanol–water partition coefficient (Wildman–Crippen LogP) is 2.08. The summed E-state index contributed by atoms with van der Waals surface area (Å²) in [5, 5.41) is 0. The zero-order valence-electron chi connectivity index (χ0n) is 10.5. The van der Waals surface area contributed by atoms with E-state index in [9.17, 15) is 4.79 Å². The molecule has 6 heteroatoms. The number of halogens is 2. The Bertz CT molecular complexity index is 485. The summed E-state index contributed by atoms with van der Waals surface area (Å²) in [6, 6.07) is 2.09. The molecule has 1 aromatic rings. The zero-order chi connectivity index (χ0) is 12.7. The van der Waals surface area contributed by atoms with E-state index in [1.54, 1.807) is 12.4 Å². The van der Waals surface area contributed by atoms with Crippen molar-refractivity contribution in [2.45, 2.75) is 18.9 Å². The van der Waals surface area contributed by atoms with Crippen molar-refractivity contribution in [3.63, 3.8) is 0 Å². The quantitative estimate of drug-likeness (QED) is 0.847. The van der Waals surface area contributed by atoms with E-state index in [1.165, 1.54) is 0 Å². The Morgan fingerprint density at radius 2 is 2.16 bits per heavy atom. The van der Waals surface area contributed by atoms with Gasteiger partial charge in [-0.3, -0.25) is 9.78 Å². The third-order valence-electron chi connectivity index (χ3n) is 4.15. The molecule has 2 N–H and O–H groups in total. The van der Waals surface area contributed by atoms with Gasteiger partial charge in [0.05, 0.1) is 5.56 Å². The summed E-state index contributed by atoms with van der Waals surface area (Å²) < 4.78 is 0.837. The number of nitrogens with two attached hydrogens (primary N) is 1. The van der Waals surface area contributed by atoms with Gasteiger partial charge in [-0.15, -0.1) is 12.4 Å². The Morgan fingerprint density at radius 3 is 2.84 bits per heavy atom. The molecule has 0 aromatic carbocycles. The van der Waals surface area contributed by atoms with Crippen LogP contribution in [0, 0.1) is 11.8 Å². The van der Waals surface area contributed by atoms with E-state index in [4.69, 9.17) is 5.73 Å². The van der Waals surface area contributed by atoms with Crippen LogP contribution in [0.1, 0.15) is 23.2 Å². The molecule has 0 spiro atoms. The minimum atomic E-state index is 0. The maximum absolute atomic E-state index is 12.4. The van der Waals surface area contributed by atoms with Crippen LogP contribution >= 0.6 is 28.3 Å². The van der Waals surface area contributed by atoms with E-state index < -0.39 is 0 Å². The molecule has 1 saturated carbocycles. The van der Waals surface area contributed by atoms with Crippen LogP contribution in [-0.2, 0) is 0 Å². The van der Waals surface area contributed by atoms with Gasteiger partial charge in [0.15, 0.2) is 0 Å². The third kappa shape index (κ3) is 2.78. The first-order valence-electron chi connectivity index (χ1n) is 6.30. The van der Waals surface area contributed by atoms with Gasteiger partial charge in [-0.1, -0.05) is 0 Å². The number of rotatable bonds is 1. The van der Waals surface area contributed by atoms with Crippen LogP contribution in [0.3, 0.4) is 0 Å². The lowest BCUT2D eigenvalue weighted by atomic mass is 9.98. The average Bonchev–Trinajstić information content (AvgIpc) is 2.91. The molecule has 1 aromatic heterocycles. The van der Waals surface area contributed by atoms with Crippen molar-refractivity contribution in [2.75, 3.05) is 13.1 Å². The van der Waals surface area contributed by atoms with Crippen molar-refractivity contribution >= 4 is 34.2 Å². The molecule has 3 rings (SSSR count). The van der Waals surface area contributed by atoms with Gasteiger partial charge < -0.3 is 10.6 Å². The summed E-state index contributed by atoms with van der Waals surface area (Å²) in [5.41, 5.74) is 6.74. The first-order chi connectivity index (χ1) is 8.65. The number of amides is 1. The molecular weight excluding hydrogens is 330 g/mol. The summed E-state index contributed by atoms with van der Waals surface area (Å²) in [6.45, 7) is 1.65. The number of aromatic nitrogens is 1. The molecule has 4 nitrogen and oxygen atoms in total. The van der Waals surface area contributed by atoms with Crippen LogP contribution in [0.5, 0.6) is 0 Å². The average molecular weight is 347 g/mol. The van der Waals surface area contributed by atoms with Crippen LogP contribution in [0.2, 0.25) is 0 Å². The van der Waals surface area contributed by atoms with Crippen LogP contribution in [0.15, 0.2) is 22.9 Å². The lowest BCUT2D eigenvalue weighted by molar-refractivity contribution is 0.0779. The number of hydrogen-bond donors (Lipinski definition) is 1. The minimum Gasteiger partial charge on any atom is -0.338 e. The SMILES string of the molecule is Cl.NC1CCC2CN(C(=O)c3cncc(Br)c3)CC12. The lowest BCUT2D eigenvalue weighted by Gasteiger charge is -2.18. The van der Waals surface area contributed by atoms with Crippen LogP contribution in [0.25, 0.3) is 0 Å². The molecule has 3 atom stereocenters. The summed E-state index contributed by atoms with van der Waals surface area (Å²) >= 11 is 3.34. The van der Waals surface area contributed by atoms with Gasteiger partial charge in [-0.2, -0.15) is 0 Å². The van der Waals surface area contributed by atoms with Crippen molar-refractivity contribution in [1.29, 1.82) is 0 Å². The Labute approximate surface area is 127 Å². The minimum absolute atomic E-state index is 0. The molecule has 3 unspecified atom stereocenters. The van der Waals surface area contributed by atoms with Crippen LogP contribution in [0.4, 0.5) is 0 Å². The third-order valence-corrected chi connectivity index (χ3v) is 4.59. The molecule has 2 fully saturated rings. The van der Waals surface area contributed by atoms with Crippen LogP contribution < -0.4 is 5.73 Å². The molecule has 104 valence electrons. The second-order valence-corrected chi connectivity index (χ2v) is 6.18. The van der Waals surface area contributed by atoms with E-state index in [2.05, 4.69) is 20.9 Å². The fraction of sp³-hybridized carbons (Fsp3) is 0.538. The van der Waals surface area contributed by atoms with Crippen LogP contribution in [-0.4, -0.2) is 34.9 Å². The topological polar surface area (TPSA) is 59.2 Å². The summed E-state index contributed by atoms with van der Waals surface area (Å²) in [4.78, 5) is 18.3. The molecule has 19 heavy (non-hydrogen) atoms. The van der Waals surface area contributed by atoms with Gasteiger partial charge >= 0.3 is 0 Å². The van der Waals surface area contributed by atoms with Gasteiger partial charge in [-0.25, -0.2) is 0 Å². The maximum Gasteiger partial charge on any atom is 0.255 e. The fourth-order valence-corrected chi connectivity index (χ4v) is 3.55. The van der Waals surface area contributed by atoms with Crippen molar-refractivity contribution in [3.8, 4) is 0 Å². The number of carbonyl (C=O) groups excluding carboxylic acids is 1. The molecular formula is C13H17BrClN3O. The molecule has 0 radical (unpaired) electrons. The highest BCUT2D eigenvalue weighted by molar-refractivity contribution is 9.10.